The molecule has 0 spiro atoms. The second-order valence-electron chi connectivity index (χ2n) is 8.62. The minimum absolute atomic E-state index is 0.0623. The minimum Gasteiger partial charge on any atom is -0.508 e. The summed E-state index contributed by atoms with van der Waals surface area (Å²) in [4.78, 5) is 15.3. The molecule has 0 saturated carbocycles. The van der Waals surface area contributed by atoms with Gasteiger partial charge in [0, 0.05) is 24.7 Å². The van der Waals surface area contributed by atoms with Crippen LogP contribution in [-0.2, 0) is 17.9 Å². The molecule has 4 atom stereocenters. The summed E-state index contributed by atoms with van der Waals surface area (Å²) < 4.78 is 1.88. The van der Waals surface area contributed by atoms with E-state index < -0.39 is 0 Å². The molecule has 160 valence electrons. The molecule has 0 aliphatic carbocycles. The molecule has 31 heavy (non-hydrogen) atoms. The van der Waals surface area contributed by atoms with E-state index >= 15 is 0 Å². The molecule has 6 rings (SSSR count). The van der Waals surface area contributed by atoms with Crippen LogP contribution in [0.4, 0.5) is 0 Å². The largest absolute Gasteiger partial charge is 0.508 e. The molecule has 7 nitrogen and oxygen atoms in total. The second kappa shape index (κ2) is 8.51. The van der Waals surface area contributed by atoms with E-state index in [1.165, 1.54) is 0 Å². The predicted molar refractivity (Wildman–Crippen MR) is 117 cm³/mol. The molecule has 4 heterocycles. The predicted octanol–water partition coefficient (Wildman–Crippen LogP) is 2.68. The Morgan fingerprint density at radius 1 is 1.16 bits per heavy atom. The van der Waals surface area contributed by atoms with Crippen molar-refractivity contribution in [3.05, 3.63) is 66.4 Å². The first-order valence-electron chi connectivity index (χ1n) is 10.9. The van der Waals surface area contributed by atoms with E-state index in [4.69, 9.17) is 0 Å². The number of nitrogens with zero attached hydrogens (tertiary/aromatic N) is 4. The van der Waals surface area contributed by atoms with Crippen LogP contribution in [0.2, 0.25) is 0 Å². The average molecular weight is 418 g/mol. The van der Waals surface area contributed by atoms with Gasteiger partial charge in [0.2, 0.25) is 5.91 Å². The van der Waals surface area contributed by atoms with Crippen molar-refractivity contribution in [2.45, 2.75) is 32.0 Å². The molecular weight excluding hydrogens is 390 g/mol. The van der Waals surface area contributed by atoms with Gasteiger partial charge in [0.25, 0.3) is 0 Å². The molecule has 2 bridgehead atoms. The van der Waals surface area contributed by atoms with Crippen LogP contribution in [-0.4, -0.2) is 50.0 Å². The summed E-state index contributed by atoms with van der Waals surface area (Å²) in [7, 11) is 0. The maximum absolute atomic E-state index is 12.8. The van der Waals surface area contributed by atoms with Gasteiger partial charge in [-0.15, -0.1) is 5.10 Å². The molecule has 3 saturated heterocycles. The standard InChI is InChI=1S/C24H27N5O2/c30-21-8-4-7-19(12-21)23-16-29(27-26-23)14-20-11-18-9-10-28(20)15-22(18)24(31)25-13-17-5-2-1-3-6-17/h1-8,12,16,18,20,22,30H,9-11,13-15H2,(H,25,31)/t18-,20-,22+/m1/s1. The number of aromatic nitrogens is 3. The van der Waals surface area contributed by atoms with Crippen LogP contribution in [0.3, 0.4) is 0 Å². The quantitative estimate of drug-likeness (QED) is 0.644. The topological polar surface area (TPSA) is 83.3 Å². The highest BCUT2D eigenvalue weighted by Crippen LogP contribution is 2.37. The second-order valence-corrected chi connectivity index (χ2v) is 8.62. The van der Waals surface area contributed by atoms with Gasteiger partial charge in [-0.25, -0.2) is 0 Å². The van der Waals surface area contributed by atoms with Crippen LogP contribution < -0.4 is 5.32 Å². The normalized spacial score (nSPS) is 24.8. The first-order chi connectivity index (χ1) is 15.2. The van der Waals surface area contributed by atoms with Gasteiger partial charge in [-0.2, -0.15) is 0 Å². The number of piperidine rings is 3. The Morgan fingerprint density at radius 3 is 2.81 bits per heavy atom. The number of benzene rings is 2. The Kier molecular flexibility index (Phi) is 5.42. The van der Waals surface area contributed by atoms with Gasteiger partial charge in [-0.1, -0.05) is 47.7 Å². The zero-order valence-electron chi connectivity index (χ0n) is 17.4. The van der Waals surface area contributed by atoms with Crippen molar-refractivity contribution < 1.29 is 9.90 Å². The number of hydrogen-bond donors (Lipinski definition) is 2. The molecule has 3 fully saturated rings. The number of phenolic OH excluding ortho intramolecular Hbond substituents is 1. The van der Waals surface area contributed by atoms with E-state index in [1.807, 2.05) is 47.3 Å². The van der Waals surface area contributed by atoms with Crippen molar-refractivity contribution in [3.8, 4) is 17.0 Å². The molecule has 2 aromatic carbocycles. The van der Waals surface area contributed by atoms with Crippen molar-refractivity contribution in [3.63, 3.8) is 0 Å². The van der Waals surface area contributed by atoms with E-state index in [-0.39, 0.29) is 17.6 Å². The van der Waals surface area contributed by atoms with Crippen LogP contribution in [0, 0.1) is 11.8 Å². The summed E-state index contributed by atoms with van der Waals surface area (Å²) in [5.74, 6) is 0.871. The molecule has 1 aromatic heterocycles. The number of hydrogen-bond acceptors (Lipinski definition) is 5. The Hall–Kier alpha value is -3.19. The molecule has 3 aliphatic heterocycles. The fourth-order valence-electron chi connectivity index (χ4n) is 4.94. The van der Waals surface area contributed by atoms with Crippen LogP contribution in [0.25, 0.3) is 11.3 Å². The molecule has 1 amide bonds. The summed E-state index contributed by atoms with van der Waals surface area (Å²) in [5, 5.41) is 21.4. The number of fused-ring (bicyclic) bond motifs is 3. The van der Waals surface area contributed by atoms with E-state index in [2.05, 4.69) is 20.5 Å². The average Bonchev–Trinajstić information content (AvgIpc) is 3.27. The fraction of sp³-hybridized carbons (Fsp3) is 0.375. The lowest BCUT2D eigenvalue weighted by molar-refractivity contribution is -0.133. The Morgan fingerprint density at radius 2 is 2.03 bits per heavy atom. The lowest BCUT2D eigenvalue weighted by Gasteiger charge is -2.49. The molecule has 3 aliphatic rings. The monoisotopic (exact) mass is 417 g/mol. The highest BCUT2D eigenvalue weighted by atomic mass is 16.3. The van der Waals surface area contributed by atoms with Gasteiger partial charge in [0.1, 0.15) is 11.4 Å². The molecule has 7 heteroatoms. The molecule has 0 radical (unpaired) electrons. The third-order valence-corrected chi connectivity index (χ3v) is 6.60. The Balaban J connectivity index is 1.19. The lowest BCUT2D eigenvalue weighted by atomic mass is 9.75. The van der Waals surface area contributed by atoms with E-state index in [9.17, 15) is 9.90 Å². The van der Waals surface area contributed by atoms with E-state index in [0.717, 1.165) is 49.3 Å². The van der Waals surface area contributed by atoms with Gasteiger partial charge in [-0.3, -0.25) is 14.4 Å². The number of carbonyl (C=O) groups is 1. The number of rotatable bonds is 6. The third kappa shape index (κ3) is 4.32. The maximum atomic E-state index is 12.8. The van der Waals surface area contributed by atoms with Gasteiger partial charge < -0.3 is 10.4 Å². The number of amides is 1. The number of carbonyl (C=O) groups excluding carboxylic acids is 1. The van der Waals surface area contributed by atoms with Crippen LogP contribution in [0.5, 0.6) is 5.75 Å². The molecule has 2 N–H and O–H groups in total. The van der Waals surface area contributed by atoms with Crippen molar-refractivity contribution in [1.29, 1.82) is 0 Å². The summed E-state index contributed by atoms with van der Waals surface area (Å²) in [6.07, 6.45) is 4.01. The number of aromatic hydroxyl groups is 1. The first kappa shape index (κ1) is 19.8. The van der Waals surface area contributed by atoms with Crippen LogP contribution in [0.15, 0.2) is 60.8 Å². The van der Waals surface area contributed by atoms with Gasteiger partial charge in [0.15, 0.2) is 0 Å². The van der Waals surface area contributed by atoms with E-state index in [0.29, 0.717) is 18.5 Å². The number of nitrogens with one attached hydrogen (secondary N) is 1. The van der Waals surface area contributed by atoms with Crippen LogP contribution >= 0.6 is 0 Å². The smallest absolute Gasteiger partial charge is 0.224 e. The summed E-state index contributed by atoms with van der Waals surface area (Å²) in [6, 6.07) is 17.5. The molecule has 3 aromatic rings. The highest BCUT2D eigenvalue weighted by Gasteiger charge is 2.43. The van der Waals surface area contributed by atoms with Gasteiger partial charge >= 0.3 is 0 Å². The first-order valence-corrected chi connectivity index (χ1v) is 10.9. The van der Waals surface area contributed by atoms with Gasteiger partial charge in [0.05, 0.1) is 18.7 Å². The molecule has 1 unspecified atom stereocenters. The summed E-state index contributed by atoms with van der Waals surface area (Å²) in [5.41, 5.74) is 2.74. The zero-order valence-corrected chi connectivity index (χ0v) is 17.4. The van der Waals surface area contributed by atoms with E-state index in [1.54, 1.807) is 18.2 Å². The van der Waals surface area contributed by atoms with Gasteiger partial charge in [-0.05, 0) is 43.0 Å². The SMILES string of the molecule is O=C(NCc1ccccc1)[C@H]1CN2CC[C@@H]1C[C@@H]2Cn1cc(-c2cccc(O)c2)nn1. The molecular formula is C24H27N5O2. The third-order valence-electron chi connectivity index (χ3n) is 6.60. The highest BCUT2D eigenvalue weighted by molar-refractivity contribution is 5.79. The van der Waals surface area contributed by atoms with Crippen molar-refractivity contribution in [1.82, 2.24) is 25.2 Å². The number of phenols is 1. The lowest BCUT2D eigenvalue weighted by Crippen LogP contribution is -2.57. The van der Waals surface area contributed by atoms with Crippen LogP contribution in [0.1, 0.15) is 18.4 Å². The minimum atomic E-state index is 0.0623. The van der Waals surface area contributed by atoms with Crippen molar-refractivity contribution in [2.24, 2.45) is 11.8 Å². The van der Waals surface area contributed by atoms with Crippen molar-refractivity contribution in [2.75, 3.05) is 13.1 Å². The Labute approximate surface area is 181 Å². The fourth-order valence-corrected chi connectivity index (χ4v) is 4.94. The summed E-state index contributed by atoms with van der Waals surface area (Å²) >= 11 is 0. The maximum Gasteiger partial charge on any atom is 0.224 e. The van der Waals surface area contributed by atoms with Crippen molar-refractivity contribution >= 4 is 5.91 Å². The Bertz CT molecular complexity index is 1050. The summed E-state index contributed by atoms with van der Waals surface area (Å²) in [6.45, 7) is 3.19. The zero-order chi connectivity index (χ0) is 21.2.